The maximum atomic E-state index is 12.1. The molecule has 1 heterocycles. The Morgan fingerprint density at radius 3 is 2.64 bits per heavy atom. The maximum Gasteiger partial charge on any atom is 0.319 e. The van der Waals surface area contributed by atoms with Crippen LogP contribution < -0.4 is 15.4 Å². The van der Waals surface area contributed by atoms with Crippen molar-refractivity contribution in [1.29, 1.82) is 0 Å². The fraction of sp³-hybridized carbons (Fsp3) is 0.389. The van der Waals surface area contributed by atoms with Crippen molar-refractivity contribution < 1.29 is 14.3 Å². The fourth-order valence-corrected chi connectivity index (χ4v) is 2.60. The number of aromatic amines is 1. The first-order valence-electron chi connectivity index (χ1n) is 8.16. The number of benzene rings is 1. The largest absolute Gasteiger partial charge is 0.495 e. The summed E-state index contributed by atoms with van der Waals surface area (Å²) in [4.78, 5) is 23.6. The van der Waals surface area contributed by atoms with Gasteiger partial charge < -0.3 is 15.4 Å². The molecule has 3 N–H and O–H groups in total. The third kappa shape index (κ3) is 4.82. The second-order valence-corrected chi connectivity index (χ2v) is 5.87. The lowest BCUT2D eigenvalue weighted by molar-refractivity contribution is 0.101. The summed E-state index contributed by atoms with van der Waals surface area (Å²) in [5, 5.41) is 12.7. The van der Waals surface area contributed by atoms with E-state index in [2.05, 4.69) is 20.8 Å². The van der Waals surface area contributed by atoms with Crippen LogP contribution >= 0.6 is 0 Å². The van der Waals surface area contributed by atoms with E-state index in [1.807, 2.05) is 13.8 Å². The number of aromatic nitrogens is 2. The molecule has 0 bridgehead atoms. The van der Waals surface area contributed by atoms with Crippen molar-refractivity contribution >= 4 is 17.5 Å². The molecule has 0 saturated carbocycles. The van der Waals surface area contributed by atoms with E-state index in [1.165, 1.54) is 19.6 Å². The minimum Gasteiger partial charge on any atom is -0.495 e. The van der Waals surface area contributed by atoms with Gasteiger partial charge in [-0.2, -0.15) is 5.10 Å². The highest BCUT2D eigenvalue weighted by atomic mass is 16.5. The van der Waals surface area contributed by atoms with Gasteiger partial charge in [-0.1, -0.05) is 0 Å². The monoisotopic (exact) mass is 344 g/mol. The number of aryl methyl sites for hydroxylation is 2. The van der Waals surface area contributed by atoms with Gasteiger partial charge in [0, 0.05) is 17.8 Å². The van der Waals surface area contributed by atoms with E-state index in [4.69, 9.17) is 4.74 Å². The van der Waals surface area contributed by atoms with Crippen LogP contribution in [0.1, 0.15) is 40.7 Å². The van der Waals surface area contributed by atoms with Gasteiger partial charge in [0.15, 0.2) is 5.78 Å². The summed E-state index contributed by atoms with van der Waals surface area (Å²) in [5.41, 5.74) is 4.23. The molecule has 25 heavy (non-hydrogen) atoms. The Morgan fingerprint density at radius 2 is 2.04 bits per heavy atom. The van der Waals surface area contributed by atoms with Crippen molar-refractivity contribution in [2.45, 2.75) is 33.6 Å². The van der Waals surface area contributed by atoms with Crippen molar-refractivity contribution in [1.82, 2.24) is 15.5 Å². The lowest BCUT2D eigenvalue weighted by atomic mass is 10.1. The lowest BCUT2D eigenvalue weighted by Gasteiger charge is -2.12. The standard InChI is InChI=1S/C18H24N4O3/c1-11-15(12(2)22-21-11)6-5-9-19-18(24)20-16-10-14(13(3)23)7-8-17(16)25-4/h7-8,10H,5-6,9H2,1-4H3,(H,21,22)(H2,19,20,24). The predicted molar refractivity (Wildman–Crippen MR) is 96.4 cm³/mol. The number of methoxy groups -OCH3 is 1. The van der Waals surface area contributed by atoms with E-state index in [9.17, 15) is 9.59 Å². The van der Waals surface area contributed by atoms with Gasteiger partial charge in [-0.25, -0.2) is 4.79 Å². The van der Waals surface area contributed by atoms with E-state index in [0.29, 0.717) is 23.5 Å². The van der Waals surface area contributed by atoms with Gasteiger partial charge in [0.05, 0.1) is 18.5 Å². The number of carbonyl (C=O) groups excluding carboxylic acids is 2. The number of nitrogens with zero attached hydrogens (tertiary/aromatic N) is 1. The van der Waals surface area contributed by atoms with Crippen LogP contribution in [0.2, 0.25) is 0 Å². The van der Waals surface area contributed by atoms with Crippen LogP contribution in [0.15, 0.2) is 18.2 Å². The number of hydrogen-bond donors (Lipinski definition) is 3. The Morgan fingerprint density at radius 1 is 1.28 bits per heavy atom. The fourth-order valence-electron chi connectivity index (χ4n) is 2.60. The van der Waals surface area contributed by atoms with Gasteiger partial charge >= 0.3 is 6.03 Å². The van der Waals surface area contributed by atoms with Crippen LogP contribution in [0, 0.1) is 13.8 Å². The van der Waals surface area contributed by atoms with Gasteiger partial charge in [-0.3, -0.25) is 9.89 Å². The Hall–Kier alpha value is -2.83. The minimum atomic E-state index is -0.334. The topological polar surface area (TPSA) is 96.1 Å². The number of anilines is 1. The average Bonchev–Trinajstić information content (AvgIpc) is 2.90. The van der Waals surface area contributed by atoms with Gasteiger partial charge in [0.1, 0.15) is 5.75 Å². The molecular weight excluding hydrogens is 320 g/mol. The molecule has 0 aliphatic heterocycles. The second kappa shape index (κ2) is 8.32. The Balaban J connectivity index is 1.88. The molecule has 2 rings (SSSR count). The number of H-pyrrole nitrogens is 1. The minimum absolute atomic E-state index is 0.0723. The molecule has 1 aromatic carbocycles. The normalized spacial score (nSPS) is 10.4. The zero-order chi connectivity index (χ0) is 18.4. The van der Waals surface area contributed by atoms with E-state index in [1.54, 1.807) is 18.2 Å². The molecule has 0 fully saturated rings. The number of ether oxygens (including phenoxy) is 1. The van der Waals surface area contributed by atoms with E-state index in [-0.39, 0.29) is 11.8 Å². The molecule has 2 amide bonds. The highest BCUT2D eigenvalue weighted by Crippen LogP contribution is 2.25. The zero-order valence-electron chi connectivity index (χ0n) is 15.0. The number of carbonyl (C=O) groups is 2. The van der Waals surface area contributed by atoms with Crippen LogP contribution in [0.5, 0.6) is 5.75 Å². The summed E-state index contributed by atoms with van der Waals surface area (Å²) >= 11 is 0. The molecule has 0 spiro atoms. The third-order valence-electron chi connectivity index (χ3n) is 4.02. The zero-order valence-corrected chi connectivity index (χ0v) is 15.0. The SMILES string of the molecule is COc1ccc(C(C)=O)cc1NC(=O)NCCCc1c(C)n[nH]c1C. The van der Waals surface area contributed by atoms with Gasteiger partial charge in [0.2, 0.25) is 0 Å². The molecule has 0 radical (unpaired) electrons. The Kier molecular flexibility index (Phi) is 6.16. The Bertz CT molecular complexity index is 748. The maximum absolute atomic E-state index is 12.1. The van der Waals surface area contributed by atoms with Crippen molar-refractivity contribution in [3.8, 4) is 5.75 Å². The van der Waals surface area contributed by atoms with Crippen LogP contribution in [0.25, 0.3) is 0 Å². The summed E-state index contributed by atoms with van der Waals surface area (Å²) < 4.78 is 5.22. The number of ketones is 1. The first-order chi connectivity index (χ1) is 11.9. The van der Waals surface area contributed by atoms with Crippen LogP contribution in [-0.4, -0.2) is 35.7 Å². The number of Topliss-reactive ketones (excluding diaryl/α,β-unsaturated/α-hetero) is 1. The number of nitrogens with one attached hydrogen (secondary N) is 3. The highest BCUT2D eigenvalue weighted by Gasteiger charge is 2.11. The summed E-state index contributed by atoms with van der Waals surface area (Å²) in [7, 11) is 1.52. The second-order valence-electron chi connectivity index (χ2n) is 5.87. The molecule has 7 nitrogen and oxygen atoms in total. The molecule has 0 aliphatic carbocycles. The molecule has 1 aromatic heterocycles. The summed E-state index contributed by atoms with van der Waals surface area (Å²) in [6.45, 7) is 5.97. The number of urea groups is 1. The van der Waals surface area contributed by atoms with Gasteiger partial charge in [-0.15, -0.1) is 0 Å². The third-order valence-corrected chi connectivity index (χ3v) is 4.02. The van der Waals surface area contributed by atoms with Crippen LogP contribution in [0.3, 0.4) is 0 Å². The smallest absolute Gasteiger partial charge is 0.319 e. The van der Waals surface area contributed by atoms with Crippen molar-refractivity contribution in [3.05, 3.63) is 40.7 Å². The lowest BCUT2D eigenvalue weighted by Crippen LogP contribution is -2.30. The molecule has 2 aromatic rings. The molecule has 0 aliphatic rings. The molecular formula is C18H24N4O3. The van der Waals surface area contributed by atoms with Crippen LogP contribution in [-0.2, 0) is 6.42 Å². The first kappa shape index (κ1) is 18.5. The average molecular weight is 344 g/mol. The van der Waals surface area contributed by atoms with Gasteiger partial charge in [-0.05, 0) is 57.4 Å². The molecule has 0 unspecified atom stereocenters. The molecule has 0 saturated heterocycles. The van der Waals surface area contributed by atoms with Gasteiger partial charge in [0.25, 0.3) is 0 Å². The summed E-state index contributed by atoms with van der Waals surface area (Å²) in [6, 6.07) is 4.61. The summed E-state index contributed by atoms with van der Waals surface area (Å²) in [5.74, 6) is 0.432. The van der Waals surface area contributed by atoms with Crippen molar-refractivity contribution in [3.63, 3.8) is 0 Å². The Labute approximate surface area is 147 Å². The number of rotatable bonds is 7. The highest BCUT2D eigenvalue weighted by molar-refractivity contribution is 5.97. The quantitative estimate of drug-likeness (QED) is 0.531. The molecule has 0 atom stereocenters. The summed E-state index contributed by atoms with van der Waals surface area (Å²) in [6.07, 6.45) is 1.65. The van der Waals surface area contributed by atoms with Crippen LogP contribution in [0.4, 0.5) is 10.5 Å². The van der Waals surface area contributed by atoms with E-state index < -0.39 is 0 Å². The van der Waals surface area contributed by atoms with Crippen molar-refractivity contribution in [2.24, 2.45) is 0 Å². The van der Waals surface area contributed by atoms with E-state index >= 15 is 0 Å². The van der Waals surface area contributed by atoms with E-state index in [0.717, 1.165) is 24.2 Å². The molecule has 7 heteroatoms. The van der Waals surface area contributed by atoms with Crippen molar-refractivity contribution in [2.75, 3.05) is 19.0 Å². The number of amides is 2. The molecule has 134 valence electrons. The first-order valence-corrected chi connectivity index (χ1v) is 8.16. The number of hydrogen-bond acceptors (Lipinski definition) is 4. The predicted octanol–water partition coefficient (Wildman–Crippen LogP) is 2.99.